The minimum Gasteiger partial charge on any atom is -0.366 e. The van der Waals surface area contributed by atoms with E-state index in [4.69, 9.17) is 11.1 Å². The molecule has 0 unspecified atom stereocenters. The zero-order valence-corrected chi connectivity index (χ0v) is 18.5. The number of benzene rings is 1. The van der Waals surface area contributed by atoms with Crippen molar-refractivity contribution in [3.05, 3.63) is 100.0 Å². The van der Waals surface area contributed by atoms with Gasteiger partial charge in [-0.2, -0.15) is 0 Å². The van der Waals surface area contributed by atoms with E-state index in [1.165, 1.54) is 12.3 Å². The maximum Gasteiger partial charge on any atom is 0.249 e. The first-order valence-corrected chi connectivity index (χ1v) is 10.6. The number of allylic oxidation sites excluding steroid dienone is 11. The Balaban J connectivity index is 2.58. The van der Waals surface area contributed by atoms with E-state index in [1.54, 1.807) is 12.1 Å². The van der Waals surface area contributed by atoms with E-state index < -0.39 is 5.91 Å². The third kappa shape index (κ3) is 6.88. The van der Waals surface area contributed by atoms with Crippen molar-refractivity contribution in [3.63, 3.8) is 0 Å². The molecule has 0 fully saturated rings. The number of carbonyl (C=O) groups excluding carboxylic acids is 1. The van der Waals surface area contributed by atoms with Crippen LogP contribution in [0.25, 0.3) is 5.57 Å². The molecule has 3 N–H and O–H groups in total. The van der Waals surface area contributed by atoms with Crippen LogP contribution in [-0.2, 0) is 11.2 Å². The van der Waals surface area contributed by atoms with Gasteiger partial charge in [-0.1, -0.05) is 61.6 Å². The Morgan fingerprint density at radius 2 is 2.06 bits per heavy atom. The Kier molecular flexibility index (Phi) is 9.13. The summed E-state index contributed by atoms with van der Waals surface area (Å²) in [5.74, 6) is -0.909. The highest BCUT2D eigenvalue weighted by atomic mass is 19.1. The quantitative estimate of drug-likeness (QED) is 0.275. The summed E-state index contributed by atoms with van der Waals surface area (Å²) in [6.45, 7) is 5.60. The number of nitrogens with one attached hydrogen (secondary N) is 1. The van der Waals surface area contributed by atoms with Crippen LogP contribution in [0.1, 0.15) is 49.8 Å². The zero-order valence-electron chi connectivity index (χ0n) is 18.5. The lowest BCUT2D eigenvalue weighted by Gasteiger charge is -2.15. The molecule has 0 saturated carbocycles. The molecule has 0 radical (unpaired) electrons. The topological polar surface area (TPSA) is 66.9 Å². The number of carbonyl (C=O) groups is 1. The predicted molar refractivity (Wildman–Crippen MR) is 129 cm³/mol. The molecule has 0 saturated heterocycles. The second-order valence-electron chi connectivity index (χ2n) is 7.60. The van der Waals surface area contributed by atoms with Crippen molar-refractivity contribution in [2.75, 3.05) is 0 Å². The van der Waals surface area contributed by atoms with Crippen molar-refractivity contribution in [2.45, 2.75) is 46.5 Å². The average molecular weight is 419 g/mol. The number of halogens is 1. The molecule has 31 heavy (non-hydrogen) atoms. The minimum atomic E-state index is -0.579. The lowest BCUT2D eigenvalue weighted by Crippen LogP contribution is -2.16. The van der Waals surface area contributed by atoms with Gasteiger partial charge < -0.3 is 11.1 Å². The molecule has 1 aromatic rings. The van der Waals surface area contributed by atoms with E-state index in [9.17, 15) is 9.18 Å². The van der Waals surface area contributed by atoms with Crippen LogP contribution in [0.3, 0.4) is 0 Å². The summed E-state index contributed by atoms with van der Waals surface area (Å²) in [6, 6.07) is 3.21. The normalized spacial score (nSPS) is 15.0. The van der Waals surface area contributed by atoms with Crippen LogP contribution >= 0.6 is 0 Å². The summed E-state index contributed by atoms with van der Waals surface area (Å²) in [7, 11) is 0. The molecule has 0 aromatic heterocycles. The number of nitrogens with two attached hydrogens (primary N) is 1. The molecule has 1 amide bonds. The molecule has 4 heteroatoms. The van der Waals surface area contributed by atoms with Crippen molar-refractivity contribution in [2.24, 2.45) is 5.73 Å². The fourth-order valence-corrected chi connectivity index (χ4v) is 3.47. The van der Waals surface area contributed by atoms with Crippen molar-refractivity contribution >= 4 is 17.7 Å². The Hall–Kier alpha value is -3.27. The molecule has 0 spiro atoms. The number of hydrogen-bond acceptors (Lipinski definition) is 2. The summed E-state index contributed by atoms with van der Waals surface area (Å²) >= 11 is 0. The molecule has 0 aliphatic heterocycles. The maximum absolute atomic E-state index is 14.6. The van der Waals surface area contributed by atoms with Crippen molar-refractivity contribution in [3.8, 4) is 0 Å². The Morgan fingerprint density at radius 3 is 2.74 bits per heavy atom. The molecular formula is C27H31FN2O. The summed E-state index contributed by atoms with van der Waals surface area (Å²) in [5.41, 5.74) is 10.8. The highest BCUT2D eigenvalue weighted by Gasteiger charge is 2.18. The largest absolute Gasteiger partial charge is 0.366 e. The first-order valence-electron chi connectivity index (χ1n) is 10.6. The van der Waals surface area contributed by atoms with Crippen molar-refractivity contribution < 1.29 is 9.18 Å². The van der Waals surface area contributed by atoms with E-state index >= 15 is 0 Å². The smallest absolute Gasteiger partial charge is 0.249 e. The maximum atomic E-state index is 14.6. The van der Waals surface area contributed by atoms with Crippen LogP contribution in [0.5, 0.6) is 0 Å². The molecule has 162 valence electrons. The van der Waals surface area contributed by atoms with E-state index in [0.29, 0.717) is 29.5 Å². The third-order valence-electron chi connectivity index (χ3n) is 5.23. The van der Waals surface area contributed by atoms with E-state index in [0.717, 1.165) is 35.1 Å². The summed E-state index contributed by atoms with van der Waals surface area (Å²) in [4.78, 5) is 12.5. The molecule has 1 aliphatic rings. The summed E-state index contributed by atoms with van der Waals surface area (Å²) in [6.07, 6.45) is 19.9. The predicted octanol–water partition coefficient (Wildman–Crippen LogP) is 6.31. The first-order chi connectivity index (χ1) is 14.9. The fourth-order valence-electron chi connectivity index (χ4n) is 3.47. The van der Waals surface area contributed by atoms with Crippen LogP contribution in [0.15, 0.2) is 77.5 Å². The molecule has 1 aromatic carbocycles. The zero-order chi connectivity index (χ0) is 22.8. The standard InChI is InChI=1S/C27H31FN2O/c1-4-22-16-20(3)24(17-25(22)28)26(27(30)31)23(13-9-10-19(2)18-29)15-14-21-11-7-5-6-8-12-21/h5,7-13,16-18,29H,4,6,14-15H2,1-3H3,(H2,30,31)/b13-9+,19-10-,26-23+,29-18?. The molecule has 3 nitrogen and oxygen atoms in total. The van der Waals surface area contributed by atoms with Gasteiger partial charge in [-0.3, -0.25) is 4.79 Å². The van der Waals surface area contributed by atoms with Gasteiger partial charge >= 0.3 is 0 Å². The van der Waals surface area contributed by atoms with Gasteiger partial charge in [0.15, 0.2) is 0 Å². The fraction of sp³-hybridized carbons (Fsp3) is 0.259. The van der Waals surface area contributed by atoms with E-state index in [1.807, 2.05) is 39.0 Å². The Morgan fingerprint density at radius 1 is 1.29 bits per heavy atom. The number of primary amides is 1. The van der Waals surface area contributed by atoms with Crippen LogP contribution in [0.2, 0.25) is 0 Å². The van der Waals surface area contributed by atoms with Gasteiger partial charge in [-0.05, 0) is 79.0 Å². The molecular weight excluding hydrogens is 387 g/mol. The van der Waals surface area contributed by atoms with Crippen LogP contribution < -0.4 is 5.73 Å². The van der Waals surface area contributed by atoms with Crippen LogP contribution in [0.4, 0.5) is 4.39 Å². The summed E-state index contributed by atoms with van der Waals surface area (Å²) in [5, 5.41) is 7.33. The van der Waals surface area contributed by atoms with E-state index in [2.05, 4.69) is 24.3 Å². The second kappa shape index (κ2) is 11.8. The molecule has 0 bridgehead atoms. The first kappa shape index (κ1) is 24.0. The van der Waals surface area contributed by atoms with Gasteiger partial charge in [0.05, 0.1) is 0 Å². The van der Waals surface area contributed by atoms with Gasteiger partial charge in [0.2, 0.25) is 5.91 Å². The van der Waals surface area contributed by atoms with Crippen molar-refractivity contribution in [1.29, 1.82) is 5.41 Å². The van der Waals surface area contributed by atoms with Gasteiger partial charge in [-0.15, -0.1) is 0 Å². The third-order valence-corrected chi connectivity index (χ3v) is 5.23. The number of aryl methyl sites for hydroxylation is 2. The van der Waals surface area contributed by atoms with Gasteiger partial charge in [0.1, 0.15) is 5.82 Å². The summed E-state index contributed by atoms with van der Waals surface area (Å²) < 4.78 is 14.6. The SMILES string of the molecule is CCc1cc(C)c(/C(C(N)=O)=C(/C=C/C=C(/C)C=N)CCC2=CC=CCC=C2)cc1F. The molecule has 0 heterocycles. The van der Waals surface area contributed by atoms with E-state index in [-0.39, 0.29) is 5.82 Å². The Bertz CT molecular complexity index is 1020. The average Bonchev–Trinajstić information content (AvgIpc) is 3.02. The van der Waals surface area contributed by atoms with Gasteiger partial charge in [0, 0.05) is 11.8 Å². The number of amides is 1. The second-order valence-corrected chi connectivity index (χ2v) is 7.60. The highest BCUT2D eigenvalue weighted by molar-refractivity contribution is 6.20. The van der Waals surface area contributed by atoms with Gasteiger partial charge in [0.25, 0.3) is 0 Å². The molecule has 2 rings (SSSR count). The minimum absolute atomic E-state index is 0.329. The molecule has 1 aliphatic carbocycles. The lowest BCUT2D eigenvalue weighted by molar-refractivity contribution is -0.112. The lowest BCUT2D eigenvalue weighted by atomic mass is 9.90. The Labute approximate surface area is 184 Å². The van der Waals surface area contributed by atoms with Crippen molar-refractivity contribution in [1.82, 2.24) is 0 Å². The highest BCUT2D eigenvalue weighted by Crippen LogP contribution is 2.29. The van der Waals surface area contributed by atoms with Gasteiger partial charge in [-0.25, -0.2) is 4.39 Å². The number of rotatable bonds is 9. The number of hydrogen-bond donors (Lipinski definition) is 2. The molecule has 0 atom stereocenters. The van der Waals surface area contributed by atoms with Crippen LogP contribution in [0, 0.1) is 18.2 Å². The monoisotopic (exact) mass is 418 g/mol. The van der Waals surface area contributed by atoms with Crippen LogP contribution in [-0.4, -0.2) is 12.1 Å².